The van der Waals surface area contributed by atoms with Crippen LogP contribution in [0.25, 0.3) is 0 Å². The van der Waals surface area contributed by atoms with Gasteiger partial charge >= 0.3 is 23.9 Å². The molecule has 8 atom stereocenters. The smallest absolute Gasteiger partial charge is 0.303 e. The van der Waals surface area contributed by atoms with Crippen LogP contribution in [0, 0.1) is 0 Å². The van der Waals surface area contributed by atoms with E-state index in [0.717, 1.165) is 0 Å². The Kier molecular flexibility index (Phi) is 13.9. The Morgan fingerprint density at radius 1 is 0.617 bits per heavy atom. The van der Waals surface area contributed by atoms with Gasteiger partial charge in [-0.3, -0.25) is 19.2 Å². The van der Waals surface area contributed by atoms with Crippen LogP contribution in [0.2, 0.25) is 36.3 Å². The highest BCUT2D eigenvalue weighted by Crippen LogP contribution is 2.39. The van der Waals surface area contributed by atoms with E-state index in [0.29, 0.717) is 0 Å². The molecule has 47 heavy (non-hydrogen) atoms. The molecular formula is C32H56O13Si2. The van der Waals surface area contributed by atoms with Crippen LogP contribution in [0.4, 0.5) is 0 Å². The van der Waals surface area contributed by atoms with Crippen molar-refractivity contribution in [2.24, 2.45) is 0 Å². The third kappa shape index (κ3) is 11.4. The summed E-state index contributed by atoms with van der Waals surface area (Å²) in [5, 5.41) is -0.263. The van der Waals surface area contributed by atoms with Crippen molar-refractivity contribution >= 4 is 40.5 Å². The van der Waals surface area contributed by atoms with E-state index >= 15 is 0 Å². The van der Waals surface area contributed by atoms with Crippen molar-refractivity contribution in [3.05, 3.63) is 12.3 Å². The zero-order valence-corrected chi connectivity index (χ0v) is 32.5. The van der Waals surface area contributed by atoms with Crippen LogP contribution < -0.4 is 0 Å². The van der Waals surface area contributed by atoms with Gasteiger partial charge in [-0.05, 0) is 42.3 Å². The molecule has 2 aliphatic rings. The van der Waals surface area contributed by atoms with Crippen molar-refractivity contribution in [3.63, 3.8) is 0 Å². The molecular weight excluding hydrogens is 649 g/mol. The monoisotopic (exact) mass is 704 g/mol. The van der Waals surface area contributed by atoms with Crippen LogP contribution in [0.5, 0.6) is 0 Å². The zero-order valence-electron chi connectivity index (χ0n) is 30.5. The van der Waals surface area contributed by atoms with Gasteiger partial charge in [-0.25, -0.2) is 0 Å². The van der Waals surface area contributed by atoms with Gasteiger partial charge in [0.05, 0.1) is 19.5 Å². The van der Waals surface area contributed by atoms with Gasteiger partial charge in [0, 0.05) is 27.7 Å². The van der Waals surface area contributed by atoms with E-state index in [1.54, 1.807) is 0 Å². The molecule has 15 heteroatoms. The van der Waals surface area contributed by atoms with Gasteiger partial charge in [0.2, 0.25) is 0 Å². The molecule has 2 rings (SSSR count). The lowest BCUT2D eigenvalue weighted by Gasteiger charge is -2.47. The molecule has 1 saturated heterocycles. The Labute approximate surface area is 281 Å². The third-order valence-electron chi connectivity index (χ3n) is 9.13. The number of hydrogen-bond acceptors (Lipinski definition) is 13. The number of rotatable bonds is 12. The fraction of sp³-hybridized carbons (Fsp3) is 0.812. The lowest BCUT2D eigenvalue weighted by molar-refractivity contribution is -0.327. The van der Waals surface area contributed by atoms with E-state index in [-0.39, 0.29) is 23.3 Å². The quantitative estimate of drug-likeness (QED) is 0.156. The van der Waals surface area contributed by atoms with Gasteiger partial charge in [-0.1, -0.05) is 41.5 Å². The predicted octanol–water partition coefficient (Wildman–Crippen LogP) is 4.78. The average molecular weight is 705 g/mol. The number of carbonyl (C=O) groups is 4. The maximum atomic E-state index is 12.4. The lowest BCUT2D eigenvalue weighted by Crippen LogP contribution is -2.65. The topological polar surface area (TPSA) is 151 Å². The first kappa shape index (κ1) is 40.9. The summed E-state index contributed by atoms with van der Waals surface area (Å²) >= 11 is 0. The maximum absolute atomic E-state index is 12.4. The zero-order chi connectivity index (χ0) is 36.1. The van der Waals surface area contributed by atoms with Crippen LogP contribution in [-0.4, -0.2) is 103 Å². The molecule has 13 nitrogen and oxygen atoms in total. The highest BCUT2D eigenvalue weighted by molar-refractivity contribution is 6.74. The Morgan fingerprint density at radius 2 is 1.04 bits per heavy atom. The van der Waals surface area contributed by atoms with Crippen molar-refractivity contribution in [1.29, 1.82) is 0 Å². The SMILES string of the molecule is CC(=O)O[C@@H]1[C@H](OC(C)=O)[C@@H](OC(C)=O)C(O[C@@H]2[C@H](OC(C)=O)C=CO[C@@H]2CO[Si](C)(C)C(C)(C)C)O[C@@H]1CO[Si](C)(C)C(C)(C)C. The van der Waals surface area contributed by atoms with E-state index in [9.17, 15) is 19.2 Å². The van der Waals surface area contributed by atoms with Crippen molar-refractivity contribution in [2.75, 3.05) is 13.2 Å². The van der Waals surface area contributed by atoms with Crippen LogP contribution in [0.3, 0.4) is 0 Å². The van der Waals surface area contributed by atoms with Crippen LogP contribution in [-0.2, 0) is 61.2 Å². The molecule has 1 unspecified atom stereocenters. The van der Waals surface area contributed by atoms with Gasteiger partial charge in [0.1, 0.15) is 18.3 Å². The summed E-state index contributed by atoms with van der Waals surface area (Å²) in [6.45, 7) is 25.7. The number of esters is 4. The van der Waals surface area contributed by atoms with Crippen molar-refractivity contribution in [3.8, 4) is 0 Å². The number of ether oxygens (including phenoxy) is 7. The average Bonchev–Trinajstić information content (AvgIpc) is 2.88. The maximum Gasteiger partial charge on any atom is 0.303 e. The summed E-state index contributed by atoms with van der Waals surface area (Å²) in [5.41, 5.74) is 0. The second-order valence-corrected chi connectivity index (χ2v) is 24.7. The normalized spacial score (nSPS) is 28.6. The molecule has 1 fully saturated rings. The standard InChI is InChI=1S/C32H56O13Si2/c1-19(33)40-23-15-16-37-24(17-38-46(11,12)31(5,6)7)26(23)45-30-29(43-22(4)36)28(42-21(3)35)27(41-20(2)34)25(44-30)18-39-47(13,14)32(8,9)10/h15-16,23-30H,17-18H2,1-14H3/t23-,24-,25-,26-,27+,28+,29-,30?/m1/s1. The summed E-state index contributed by atoms with van der Waals surface area (Å²) in [4.78, 5) is 49.3. The van der Waals surface area contributed by atoms with Crippen molar-refractivity contribution < 1.29 is 61.2 Å². The molecule has 0 N–H and O–H groups in total. The van der Waals surface area contributed by atoms with Gasteiger partial charge in [-0.2, -0.15) is 0 Å². The molecule has 0 aromatic carbocycles. The van der Waals surface area contributed by atoms with Crippen LogP contribution in [0.1, 0.15) is 69.2 Å². The van der Waals surface area contributed by atoms with Crippen molar-refractivity contribution in [2.45, 2.75) is 155 Å². The van der Waals surface area contributed by atoms with E-state index in [1.807, 2.05) is 0 Å². The molecule has 0 radical (unpaired) electrons. The molecule has 0 aromatic heterocycles. The molecule has 0 aliphatic carbocycles. The largest absolute Gasteiger partial charge is 0.493 e. The summed E-state index contributed by atoms with van der Waals surface area (Å²) in [7, 11) is -4.61. The summed E-state index contributed by atoms with van der Waals surface area (Å²) in [6.07, 6.45) is -6.13. The lowest BCUT2D eigenvalue weighted by atomic mass is 9.97. The van der Waals surface area contributed by atoms with Crippen LogP contribution >= 0.6 is 0 Å². The summed E-state index contributed by atoms with van der Waals surface area (Å²) in [6, 6.07) is 0. The first-order valence-electron chi connectivity index (χ1n) is 16.0. The fourth-order valence-corrected chi connectivity index (χ4v) is 6.51. The first-order valence-corrected chi connectivity index (χ1v) is 21.8. The minimum Gasteiger partial charge on any atom is -0.493 e. The Bertz CT molecular complexity index is 1140. The first-order chi connectivity index (χ1) is 21.4. The summed E-state index contributed by atoms with van der Waals surface area (Å²) < 4.78 is 54.4. The van der Waals surface area contributed by atoms with E-state index in [1.165, 1.54) is 40.0 Å². The van der Waals surface area contributed by atoms with E-state index in [4.69, 9.17) is 42.0 Å². The highest BCUT2D eigenvalue weighted by atomic mass is 28.4. The summed E-state index contributed by atoms with van der Waals surface area (Å²) in [5.74, 6) is -2.67. The van der Waals surface area contributed by atoms with Crippen molar-refractivity contribution in [1.82, 2.24) is 0 Å². The van der Waals surface area contributed by atoms with Gasteiger partial charge < -0.3 is 42.0 Å². The molecule has 0 saturated carbocycles. The minimum atomic E-state index is -2.36. The highest BCUT2D eigenvalue weighted by Gasteiger charge is 2.55. The van der Waals surface area contributed by atoms with Gasteiger partial charge in [0.25, 0.3) is 0 Å². The third-order valence-corrected chi connectivity index (χ3v) is 18.1. The molecule has 2 heterocycles. The second-order valence-electron chi connectivity index (χ2n) is 15.1. The minimum absolute atomic E-state index is 0.0504. The molecule has 0 bridgehead atoms. The van der Waals surface area contributed by atoms with E-state index in [2.05, 4.69) is 67.7 Å². The second kappa shape index (κ2) is 15.9. The predicted molar refractivity (Wildman–Crippen MR) is 176 cm³/mol. The molecule has 2 aliphatic heterocycles. The fourth-order valence-electron chi connectivity index (χ4n) is 4.49. The molecule has 0 amide bonds. The molecule has 0 spiro atoms. The van der Waals surface area contributed by atoms with Gasteiger partial charge in [-0.15, -0.1) is 0 Å². The molecule has 270 valence electrons. The Balaban J connectivity index is 2.60. The number of hydrogen-bond donors (Lipinski definition) is 0. The van der Waals surface area contributed by atoms with E-state index < -0.39 is 89.5 Å². The molecule has 0 aromatic rings. The Morgan fingerprint density at radius 3 is 1.49 bits per heavy atom. The number of carbonyl (C=O) groups excluding carboxylic acids is 4. The van der Waals surface area contributed by atoms with Gasteiger partial charge in [0.15, 0.2) is 47.3 Å². The Hall–Kier alpha value is -2.31. The van der Waals surface area contributed by atoms with Crippen LogP contribution in [0.15, 0.2) is 12.3 Å².